The van der Waals surface area contributed by atoms with Crippen molar-refractivity contribution in [3.05, 3.63) is 69.9 Å². The van der Waals surface area contributed by atoms with Crippen LogP contribution >= 0.6 is 15.9 Å². The summed E-state index contributed by atoms with van der Waals surface area (Å²) in [4.78, 5) is 0. The van der Waals surface area contributed by atoms with Crippen LogP contribution in [-0.2, 0) is 11.2 Å². The molecule has 0 radical (unpaired) electrons. The van der Waals surface area contributed by atoms with Crippen molar-refractivity contribution in [3.63, 3.8) is 0 Å². The molecule has 0 aromatic heterocycles. The van der Waals surface area contributed by atoms with Gasteiger partial charge in [-0.25, -0.2) is 4.39 Å². The number of rotatable bonds is 6. The standard InChI is InChI=1S/C17H18BrFO2/c1-2-21-17(12-6-4-3-5-7-12)16(20)11-13-10-14(19)8-9-15(13)18/h3-10,16-17,20H,2,11H2,1H3. The first-order valence-electron chi connectivity index (χ1n) is 6.90. The molecule has 0 aliphatic carbocycles. The molecule has 0 saturated heterocycles. The predicted octanol–water partition coefficient (Wildman–Crippen LogP) is 4.27. The Morgan fingerprint density at radius 3 is 2.57 bits per heavy atom. The van der Waals surface area contributed by atoms with Crippen LogP contribution in [-0.4, -0.2) is 17.8 Å². The molecule has 0 amide bonds. The van der Waals surface area contributed by atoms with Crippen LogP contribution in [0.15, 0.2) is 53.0 Å². The molecule has 0 aliphatic rings. The van der Waals surface area contributed by atoms with E-state index in [-0.39, 0.29) is 5.82 Å². The Balaban J connectivity index is 2.19. The van der Waals surface area contributed by atoms with Crippen LogP contribution in [0, 0.1) is 5.82 Å². The highest BCUT2D eigenvalue weighted by Gasteiger charge is 2.22. The van der Waals surface area contributed by atoms with Crippen molar-refractivity contribution in [2.24, 2.45) is 0 Å². The second-order valence-corrected chi connectivity index (χ2v) is 5.65. The van der Waals surface area contributed by atoms with Crippen LogP contribution < -0.4 is 0 Å². The van der Waals surface area contributed by atoms with E-state index in [9.17, 15) is 9.50 Å². The minimum Gasteiger partial charge on any atom is -0.390 e. The minimum absolute atomic E-state index is 0.312. The molecule has 0 heterocycles. The summed E-state index contributed by atoms with van der Waals surface area (Å²) in [5.41, 5.74) is 1.64. The van der Waals surface area contributed by atoms with Crippen molar-refractivity contribution >= 4 is 15.9 Å². The third-order valence-corrected chi connectivity index (χ3v) is 4.03. The summed E-state index contributed by atoms with van der Waals surface area (Å²) in [5, 5.41) is 10.5. The Morgan fingerprint density at radius 1 is 1.19 bits per heavy atom. The van der Waals surface area contributed by atoms with Gasteiger partial charge in [-0.1, -0.05) is 46.3 Å². The lowest BCUT2D eigenvalue weighted by Crippen LogP contribution is -2.24. The Morgan fingerprint density at radius 2 is 1.90 bits per heavy atom. The summed E-state index contributed by atoms with van der Waals surface area (Å²) in [6, 6.07) is 14.0. The quantitative estimate of drug-likeness (QED) is 0.841. The molecule has 0 aliphatic heterocycles. The van der Waals surface area contributed by atoms with Gasteiger partial charge in [0.2, 0.25) is 0 Å². The van der Waals surface area contributed by atoms with Gasteiger partial charge in [0, 0.05) is 17.5 Å². The summed E-state index contributed by atoms with van der Waals surface area (Å²) in [6.45, 7) is 2.39. The van der Waals surface area contributed by atoms with Crippen molar-refractivity contribution in [2.75, 3.05) is 6.61 Å². The van der Waals surface area contributed by atoms with Crippen molar-refractivity contribution in [3.8, 4) is 0 Å². The van der Waals surface area contributed by atoms with Crippen LogP contribution in [0.4, 0.5) is 4.39 Å². The van der Waals surface area contributed by atoms with Gasteiger partial charge in [-0.3, -0.25) is 0 Å². The molecule has 2 aromatic rings. The fourth-order valence-corrected chi connectivity index (χ4v) is 2.69. The molecule has 1 N–H and O–H groups in total. The SMILES string of the molecule is CCOC(c1ccccc1)C(O)Cc1cc(F)ccc1Br. The molecule has 112 valence electrons. The number of benzene rings is 2. The summed E-state index contributed by atoms with van der Waals surface area (Å²) in [7, 11) is 0. The zero-order valence-corrected chi connectivity index (χ0v) is 13.4. The molecular weight excluding hydrogens is 335 g/mol. The van der Waals surface area contributed by atoms with Crippen LogP contribution in [0.1, 0.15) is 24.2 Å². The summed E-state index contributed by atoms with van der Waals surface area (Å²) in [5.74, 6) is -0.312. The normalized spacial score (nSPS) is 13.9. The first-order chi connectivity index (χ1) is 10.1. The number of hydrogen-bond donors (Lipinski definition) is 1. The van der Waals surface area contributed by atoms with Crippen LogP contribution in [0.3, 0.4) is 0 Å². The maximum absolute atomic E-state index is 13.3. The maximum atomic E-state index is 13.3. The second-order valence-electron chi connectivity index (χ2n) is 4.79. The number of aliphatic hydroxyl groups excluding tert-OH is 1. The van der Waals surface area contributed by atoms with Crippen molar-refractivity contribution in [2.45, 2.75) is 25.6 Å². The van der Waals surface area contributed by atoms with E-state index in [4.69, 9.17) is 4.74 Å². The van der Waals surface area contributed by atoms with E-state index in [0.717, 1.165) is 15.6 Å². The Hall–Kier alpha value is -1.23. The van der Waals surface area contributed by atoms with Crippen LogP contribution in [0.5, 0.6) is 0 Å². The molecule has 2 aromatic carbocycles. The molecule has 2 atom stereocenters. The summed E-state index contributed by atoms with van der Waals surface area (Å²) >= 11 is 3.38. The number of ether oxygens (including phenoxy) is 1. The summed E-state index contributed by atoms with van der Waals surface area (Å²) in [6.07, 6.45) is -0.852. The van der Waals surface area contributed by atoms with Gasteiger partial charge in [-0.2, -0.15) is 0 Å². The third kappa shape index (κ3) is 4.37. The molecule has 2 nitrogen and oxygen atoms in total. The molecule has 2 unspecified atom stereocenters. The van der Waals surface area contributed by atoms with Gasteiger partial charge >= 0.3 is 0 Å². The lowest BCUT2D eigenvalue weighted by Gasteiger charge is -2.24. The highest BCUT2D eigenvalue weighted by atomic mass is 79.9. The van der Waals surface area contributed by atoms with Crippen molar-refractivity contribution in [1.29, 1.82) is 0 Å². The highest BCUT2D eigenvalue weighted by molar-refractivity contribution is 9.10. The number of halogens is 2. The smallest absolute Gasteiger partial charge is 0.123 e. The van der Waals surface area contributed by atoms with Gasteiger partial charge < -0.3 is 9.84 Å². The summed E-state index contributed by atoms with van der Waals surface area (Å²) < 4.78 is 19.8. The third-order valence-electron chi connectivity index (χ3n) is 3.26. The zero-order valence-electron chi connectivity index (χ0n) is 11.8. The largest absolute Gasteiger partial charge is 0.390 e. The average Bonchev–Trinajstić information content (AvgIpc) is 2.49. The van der Waals surface area contributed by atoms with Gasteiger partial charge in [0.05, 0.1) is 6.10 Å². The van der Waals surface area contributed by atoms with E-state index in [1.54, 1.807) is 6.07 Å². The monoisotopic (exact) mass is 352 g/mol. The fraction of sp³-hybridized carbons (Fsp3) is 0.294. The lowest BCUT2D eigenvalue weighted by atomic mass is 9.98. The Kier molecular flexibility index (Phi) is 5.91. The first-order valence-corrected chi connectivity index (χ1v) is 7.69. The molecule has 0 bridgehead atoms. The fourth-order valence-electron chi connectivity index (χ4n) is 2.28. The highest BCUT2D eigenvalue weighted by Crippen LogP contribution is 2.26. The van der Waals surface area contributed by atoms with Gasteiger partial charge in [0.15, 0.2) is 0 Å². The second kappa shape index (κ2) is 7.69. The average molecular weight is 353 g/mol. The lowest BCUT2D eigenvalue weighted by molar-refractivity contribution is -0.0340. The zero-order chi connectivity index (χ0) is 15.2. The van der Waals surface area contributed by atoms with Gasteiger partial charge in [0.25, 0.3) is 0 Å². The van der Waals surface area contributed by atoms with Gasteiger partial charge in [-0.05, 0) is 36.2 Å². The minimum atomic E-state index is -0.745. The van der Waals surface area contributed by atoms with E-state index in [1.807, 2.05) is 37.3 Å². The van der Waals surface area contributed by atoms with Crippen molar-refractivity contribution in [1.82, 2.24) is 0 Å². The molecule has 21 heavy (non-hydrogen) atoms. The molecule has 0 saturated carbocycles. The van der Waals surface area contributed by atoms with E-state index < -0.39 is 12.2 Å². The number of hydrogen-bond acceptors (Lipinski definition) is 2. The number of aliphatic hydroxyl groups is 1. The van der Waals surface area contributed by atoms with Gasteiger partial charge in [0.1, 0.15) is 11.9 Å². The van der Waals surface area contributed by atoms with E-state index in [2.05, 4.69) is 15.9 Å². The first kappa shape index (κ1) is 16.1. The molecule has 0 spiro atoms. The van der Waals surface area contributed by atoms with E-state index in [1.165, 1.54) is 12.1 Å². The van der Waals surface area contributed by atoms with E-state index in [0.29, 0.717) is 13.0 Å². The van der Waals surface area contributed by atoms with E-state index >= 15 is 0 Å². The maximum Gasteiger partial charge on any atom is 0.123 e. The van der Waals surface area contributed by atoms with Gasteiger partial charge in [-0.15, -0.1) is 0 Å². The topological polar surface area (TPSA) is 29.5 Å². The molecule has 4 heteroatoms. The van der Waals surface area contributed by atoms with Crippen LogP contribution in [0.2, 0.25) is 0 Å². The Labute approximate surface area is 132 Å². The molecule has 2 rings (SSSR count). The molecule has 0 fully saturated rings. The van der Waals surface area contributed by atoms with Crippen molar-refractivity contribution < 1.29 is 14.2 Å². The Bertz CT molecular complexity index is 574. The molecular formula is C17H18BrFO2. The van der Waals surface area contributed by atoms with Crippen LogP contribution in [0.25, 0.3) is 0 Å². The predicted molar refractivity (Wildman–Crippen MR) is 84.6 cm³/mol.